The number of halogens is 2. The molecule has 7 nitrogen and oxygen atoms in total. The molecule has 0 aliphatic rings. The SMILES string of the molecule is Cc1ccc(S(=O)(=O)N(CC(=O)N(Cc2ccc(F)cc2)[C@H](C)C(=O)NC(C)C)c2ccc(Cl)cc2)cc1. The fraction of sp³-hybridized carbons (Fsp3) is 0.286. The number of carbonyl (C=O) groups excluding carboxylic acids is 2. The molecule has 0 aliphatic carbocycles. The van der Waals surface area contributed by atoms with E-state index < -0.39 is 40.2 Å². The molecule has 0 radical (unpaired) electrons. The maximum atomic E-state index is 13.8. The van der Waals surface area contributed by atoms with E-state index in [4.69, 9.17) is 11.6 Å². The number of hydrogen-bond donors (Lipinski definition) is 1. The van der Waals surface area contributed by atoms with Gasteiger partial charge in [0.1, 0.15) is 18.4 Å². The minimum absolute atomic E-state index is 0.0153. The molecule has 10 heteroatoms. The van der Waals surface area contributed by atoms with Crippen molar-refractivity contribution in [3.05, 3.63) is 94.8 Å². The fourth-order valence-electron chi connectivity index (χ4n) is 3.75. The van der Waals surface area contributed by atoms with Crippen molar-refractivity contribution in [1.82, 2.24) is 10.2 Å². The van der Waals surface area contributed by atoms with Crippen LogP contribution in [-0.2, 0) is 26.2 Å². The summed E-state index contributed by atoms with van der Waals surface area (Å²) in [4.78, 5) is 27.9. The second-order valence-electron chi connectivity index (χ2n) is 9.29. The number of carbonyl (C=O) groups is 2. The quantitative estimate of drug-likeness (QED) is 0.382. The summed E-state index contributed by atoms with van der Waals surface area (Å²) < 4.78 is 42.0. The predicted octanol–water partition coefficient (Wildman–Crippen LogP) is 4.92. The Labute approximate surface area is 228 Å². The summed E-state index contributed by atoms with van der Waals surface area (Å²) in [6.45, 7) is 6.41. The first kappa shape index (κ1) is 29.1. The monoisotopic (exact) mass is 559 g/mol. The molecule has 202 valence electrons. The van der Waals surface area contributed by atoms with Gasteiger partial charge in [-0.25, -0.2) is 12.8 Å². The van der Waals surface area contributed by atoms with Gasteiger partial charge in [-0.05, 0) is 81.8 Å². The Bertz CT molecular complexity index is 1360. The largest absolute Gasteiger partial charge is 0.352 e. The van der Waals surface area contributed by atoms with Gasteiger partial charge in [-0.3, -0.25) is 13.9 Å². The van der Waals surface area contributed by atoms with Crippen molar-refractivity contribution in [2.75, 3.05) is 10.8 Å². The molecule has 0 fully saturated rings. The molecule has 2 amide bonds. The highest BCUT2D eigenvalue weighted by atomic mass is 35.5. The summed E-state index contributed by atoms with van der Waals surface area (Å²) in [5.41, 5.74) is 1.71. The van der Waals surface area contributed by atoms with E-state index in [0.717, 1.165) is 9.87 Å². The molecule has 1 atom stereocenters. The first-order chi connectivity index (χ1) is 17.9. The van der Waals surface area contributed by atoms with Crippen molar-refractivity contribution in [2.45, 2.75) is 51.2 Å². The molecule has 0 unspecified atom stereocenters. The third-order valence-electron chi connectivity index (χ3n) is 5.87. The Morgan fingerprint density at radius 3 is 2.05 bits per heavy atom. The van der Waals surface area contributed by atoms with Gasteiger partial charge in [0.2, 0.25) is 11.8 Å². The number of amides is 2. The molecule has 3 aromatic rings. The van der Waals surface area contributed by atoms with Crippen molar-refractivity contribution < 1.29 is 22.4 Å². The minimum Gasteiger partial charge on any atom is -0.352 e. The van der Waals surface area contributed by atoms with Crippen molar-refractivity contribution in [3.63, 3.8) is 0 Å². The third kappa shape index (κ3) is 7.33. The zero-order valence-corrected chi connectivity index (χ0v) is 23.3. The van der Waals surface area contributed by atoms with E-state index in [-0.39, 0.29) is 23.2 Å². The molecule has 0 aliphatic heterocycles. The number of aryl methyl sites for hydroxylation is 1. The average molecular weight is 560 g/mol. The second-order valence-corrected chi connectivity index (χ2v) is 11.6. The van der Waals surface area contributed by atoms with Crippen LogP contribution in [0.4, 0.5) is 10.1 Å². The van der Waals surface area contributed by atoms with Gasteiger partial charge in [0.25, 0.3) is 10.0 Å². The van der Waals surface area contributed by atoms with Crippen LogP contribution in [-0.4, -0.2) is 43.8 Å². The molecule has 0 heterocycles. The number of sulfonamides is 1. The predicted molar refractivity (Wildman–Crippen MR) is 147 cm³/mol. The Balaban J connectivity index is 2.02. The summed E-state index contributed by atoms with van der Waals surface area (Å²) in [6, 6.07) is 16.9. The lowest BCUT2D eigenvalue weighted by Gasteiger charge is -2.32. The Kier molecular flexibility index (Phi) is 9.51. The number of rotatable bonds is 10. The standard InChI is InChI=1S/C28H31ClFN3O4S/c1-19(2)31-28(35)21(4)32(17-22-7-11-24(30)12-8-22)27(34)18-33(25-13-9-23(29)10-14-25)38(36,37)26-15-5-20(3)6-16-26/h5-16,19,21H,17-18H2,1-4H3,(H,31,35)/t21-/m1/s1. The Morgan fingerprint density at radius 1 is 0.921 bits per heavy atom. The van der Waals surface area contributed by atoms with Crippen LogP contribution in [0.3, 0.4) is 0 Å². The molecule has 1 N–H and O–H groups in total. The van der Waals surface area contributed by atoms with Crippen LogP contribution < -0.4 is 9.62 Å². The van der Waals surface area contributed by atoms with Crippen LogP contribution in [0.5, 0.6) is 0 Å². The highest BCUT2D eigenvalue weighted by Gasteiger charge is 2.32. The Hall–Kier alpha value is -3.43. The zero-order valence-electron chi connectivity index (χ0n) is 21.7. The number of nitrogens with zero attached hydrogens (tertiary/aromatic N) is 2. The lowest BCUT2D eigenvalue weighted by atomic mass is 10.1. The molecule has 3 aromatic carbocycles. The molecular formula is C28H31ClFN3O4S. The van der Waals surface area contributed by atoms with Crippen molar-refractivity contribution in [3.8, 4) is 0 Å². The molecule has 0 saturated carbocycles. The van der Waals surface area contributed by atoms with Crippen LogP contribution >= 0.6 is 11.6 Å². The molecule has 0 aromatic heterocycles. The van der Waals surface area contributed by atoms with Crippen molar-refractivity contribution >= 4 is 39.1 Å². The topological polar surface area (TPSA) is 86.8 Å². The summed E-state index contributed by atoms with van der Waals surface area (Å²) in [5.74, 6) is -1.43. The smallest absolute Gasteiger partial charge is 0.264 e. The highest BCUT2D eigenvalue weighted by molar-refractivity contribution is 7.92. The molecular weight excluding hydrogens is 529 g/mol. The maximum Gasteiger partial charge on any atom is 0.264 e. The van der Waals surface area contributed by atoms with E-state index in [9.17, 15) is 22.4 Å². The lowest BCUT2D eigenvalue weighted by molar-refractivity contribution is -0.139. The van der Waals surface area contributed by atoms with E-state index in [1.165, 1.54) is 65.6 Å². The molecule has 38 heavy (non-hydrogen) atoms. The summed E-state index contributed by atoms with van der Waals surface area (Å²) in [5, 5.41) is 3.19. The van der Waals surface area contributed by atoms with Gasteiger partial charge in [0.15, 0.2) is 0 Å². The van der Waals surface area contributed by atoms with Gasteiger partial charge in [-0.1, -0.05) is 41.4 Å². The van der Waals surface area contributed by atoms with Gasteiger partial charge in [-0.15, -0.1) is 0 Å². The molecule has 0 saturated heterocycles. The third-order valence-corrected chi connectivity index (χ3v) is 7.91. The highest BCUT2D eigenvalue weighted by Crippen LogP contribution is 2.26. The van der Waals surface area contributed by atoms with Gasteiger partial charge in [0.05, 0.1) is 10.6 Å². The zero-order chi connectivity index (χ0) is 28.0. The van der Waals surface area contributed by atoms with Gasteiger partial charge >= 0.3 is 0 Å². The van der Waals surface area contributed by atoms with Gasteiger partial charge < -0.3 is 10.2 Å². The van der Waals surface area contributed by atoms with E-state index in [1.807, 2.05) is 6.92 Å². The van der Waals surface area contributed by atoms with Crippen molar-refractivity contribution in [1.29, 1.82) is 0 Å². The second kappa shape index (κ2) is 12.4. The molecule has 0 spiro atoms. The van der Waals surface area contributed by atoms with E-state index in [1.54, 1.807) is 32.9 Å². The van der Waals surface area contributed by atoms with Crippen molar-refractivity contribution in [2.24, 2.45) is 0 Å². The summed E-state index contributed by atoms with van der Waals surface area (Å²) in [7, 11) is -4.16. The lowest BCUT2D eigenvalue weighted by Crippen LogP contribution is -2.52. The molecule has 0 bridgehead atoms. The number of anilines is 1. The number of hydrogen-bond acceptors (Lipinski definition) is 4. The Morgan fingerprint density at radius 2 is 1.50 bits per heavy atom. The van der Waals surface area contributed by atoms with Gasteiger partial charge in [-0.2, -0.15) is 0 Å². The van der Waals surface area contributed by atoms with Crippen LogP contribution in [0, 0.1) is 12.7 Å². The van der Waals surface area contributed by atoms with Crippen LogP contribution in [0.15, 0.2) is 77.7 Å². The maximum absolute atomic E-state index is 13.8. The average Bonchev–Trinajstić information content (AvgIpc) is 2.87. The van der Waals surface area contributed by atoms with E-state index >= 15 is 0 Å². The summed E-state index contributed by atoms with van der Waals surface area (Å²) >= 11 is 6.03. The van der Waals surface area contributed by atoms with Crippen LogP contribution in [0.25, 0.3) is 0 Å². The van der Waals surface area contributed by atoms with Crippen LogP contribution in [0.2, 0.25) is 5.02 Å². The first-order valence-electron chi connectivity index (χ1n) is 12.1. The first-order valence-corrected chi connectivity index (χ1v) is 13.9. The molecule has 3 rings (SSSR count). The fourth-order valence-corrected chi connectivity index (χ4v) is 5.29. The van der Waals surface area contributed by atoms with Gasteiger partial charge in [0, 0.05) is 17.6 Å². The summed E-state index contributed by atoms with van der Waals surface area (Å²) in [6.07, 6.45) is 0. The number of benzene rings is 3. The van der Waals surface area contributed by atoms with Crippen LogP contribution in [0.1, 0.15) is 31.9 Å². The van der Waals surface area contributed by atoms with E-state index in [0.29, 0.717) is 10.6 Å². The normalized spacial score (nSPS) is 12.2. The van der Waals surface area contributed by atoms with E-state index in [2.05, 4.69) is 5.32 Å². The minimum atomic E-state index is -4.16. The number of nitrogens with one attached hydrogen (secondary N) is 1.